The molecule has 2 heterocycles. The van der Waals surface area contributed by atoms with Crippen molar-refractivity contribution in [1.82, 2.24) is 9.97 Å². The molecule has 0 bridgehead atoms. The largest absolute Gasteiger partial charge is 0.493 e. The van der Waals surface area contributed by atoms with Gasteiger partial charge in [0.2, 0.25) is 0 Å². The van der Waals surface area contributed by atoms with Crippen LogP contribution in [0.3, 0.4) is 0 Å². The van der Waals surface area contributed by atoms with Crippen molar-refractivity contribution in [3.8, 4) is 28.8 Å². The summed E-state index contributed by atoms with van der Waals surface area (Å²) in [4.78, 5) is 13.9. The molecule has 0 unspecified atom stereocenters. The minimum absolute atomic E-state index is 0.475. The molecule has 0 aliphatic carbocycles. The van der Waals surface area contributed by atoms with E-state index >= 15 is 0 Å². The van der Waals surface area contributed by atoms with E-state index in [4.69, 9.17) is 14.5 Å². The van der Waals surface area contributed by atoms with E-state index in [0.29, 0.717) is 33.7 Å². The third-order valence-corrected chi connectivity index (χ3v) is 6.07. The molecule has 3 aromatic rings. The summed E-state index contributed by atoms with van der Waals surface area (Å²) in [5.41, 5.74) is 3.09. The molecule has 0 atom stereocenters. The predicted molar refractivity (Wildman–Crippen MR) is 128 cm³/mol. The number of para-hydroxylation sites is 1. The van der Waals surface area contributed by atoms with E-state index in [1.54, 1.807) is 14.2 Å². The molecule has 164 valence electrons. The number of benzene rings is 2. The zero-order valence-corrected chi connectivity index (χ0v) is 19.2. The van der Waals surface area contributed by atoms with Crippen molar-refractivity contribution < 1.29 is 9.47 Å². The maximum atomic E-state index is 10.1. The Labute approximate surface area is 192 Å². The van der Waals surface area contributed by atoms with Gasteiger partial charge in [0.15, 0.2) is 22.5 Å². The molecule has 4 rings (SSSR count). The summed E-state index contributed by atoms with van der Waals surface area (Å²) in [7, 11) is 3.19. The Morgan fingerprint density at radius 1 is 0.906 bits per heavy atom. The zero-order chi connectivity index (χ0) is 22.5. The highest BCUT2D eigenvalue weighted by atomic mass is 32.2. The molecule has 0 radical (unpaired) electrons. The van der Waals surface area contributed by atoms with E-state index in [0.717, 1.165) is 31.7 Å². The minimum atomic E-state index is 0.475. The normalized spacial score (nSPS) is 13.6. The first-order valence-corrected chi connectivity index (χ1v) is 11.5. The van der Waals surface area contributed by atoms with Crippen LogP contribution in [0.5, 0.6) is 11.5 Å². The Hall–Kier alpha value is -3.44. The highest BCUT2D eigenvalue weighted by Gasteiger charge is 2.25. The number of methoxy groups -OCH3 is 2. The van der Waals surface area contributed by atoms with E-state index < -0.39 is 0 Å². The molecule has 0 amide bonds. The molecule has 1 aliphatic rings. The second-order valence-corrected chi connectivity index (χ2v) is 8.02. The summed E-state index contributed by atoms with van der Waals surface area (Å²) in [5.74, 6) is 1.91. The Morgan fingerprint density at radius 3 is 2.22 bits per heavy atom. The van der Waals surface area contributed by atoms with Gasteiger partial charge in [-0.15, -0.1) is 0 Å². The van der Waals surface area contributed by atoms with E-state index in [-0.39, 0.29) is 0 Å². The molecule has 1 fully saturated rings. The maximum absolute atomic E-state index is 10.1. The number of anilines is 2. The fourth-order valence-electron chi connectivity index (χ4n) is 3.86. The van der Waals surface area contributed by atoms with Gasteiger partial charge in [-0.25, -0.2) is 9.97 Å². The van der Waals surface area contributed by atoms with Gasteiger partial charge in [0, 0.05) is 37.4 Å². The van der Waals surface area contributed by atoms with E-state index in [9.17, 15) is 5.26 Å². The lowest BCUT2D eigenvalue weighted by Gasteiger charge is -2.37. The third-order valence-electron chi connectivity index (χ3n) is 5.52. The van der Waals surface area contributed by atoms with Gasteiger partial charge in [-0.05, 0) is 36.6 Å². The van der Waals surface area contributed by atoms with Crippen LogP contribution in [-0.4, -0.2) is 56.6 Å². The highest BCUT2D eigenvalue weighted by molar-refractivity contribution is 7.98. The Balaban J connectivity index is 1.69. The lowest BCUT2D eigenvalue weighted by atomic mass is 10.1. The molecular formula is C24H25N5O2S. The number of thioether (sulfide) groups is 1. The highest BCUT2D eigenvalue weighted by Crippen LogP contribution is 2.36. The van der Waals surface area contributed by atoms with Crippen LogP contribution in [0, 0.1) is 11.3 Å². The molecule has 1 aromatic heterocycles. The molecule has 0 spiro atoms. The molecule has 1 saturated heterocycles. The minimum Gasteiger partial charge on any atom is -0.493 e. The van der Waals surface area contributed by atoms with Gasteiger partial charge in [0.1, 0.15) is 11.6 Å². The molecular weight excluding hydrogens is 422 g/mol. The van der Waals surface area contributed by atoms with Gasteiger partial charge in [0.25, 0.3) is 0 Å². The monoisotopic (exact) mass is 447 g/mol. The Kier molecular flexibility index (Phi) is 6.66. The first kappa shape index (κ1) is 21.8. The van der Waals surface area contributed by atoms with Crippen LogP contribution in [0.25, 0.3) is 11.3 Å². The number of rotatable bonds is 6. The number of nitrogens with zero attached hydrogens (tertiary/aromatic N) is 5. The van der Waals surface area contributed by atoms with Gasteiger partial charge >= 0.3 is 0 Å². The number of nitriles is 1. The van der Waals surface area contributed by atoms with Crippen LogP contribution in [0.2, 0.25) is 0 Å². The standard InChI is InChI=1S/C24H25N5O2S/c1-30-20-10-9-17(15-21(20)31-2)22-19(16-25)23(27-24(26-22)32-3)29-13-11-28(12-14-29)18-7-5-4-6-8-18/h4-10,15H,11-14H2,1-3H3. The van der Waals surface area contributed by atoms with Crippen molar-refractivity contribution in [1.29, 1.82) is 5.26 Å². The van der Waals surface area contributed by atoms with Gasteiger partial charge in [-0.2, -0.15) is 5.26 Å². The smallest absolute Gasteiger partial charge is 0.189 e. The quantitative estimate of drug-likeness (QED) is 0.413. The van der Waals surface area contributed by atoms with E-state index in [1.807, 2.05) is 30.5 Å². The van der Waals surface area contributed by atoms with Crippen molar-refractivity contribution in [2.75, 3.05) is 56.5 Å². The number of hydrogen-bond donors (Lipinski definition) is 0. The van der Waals surface area contributed by atoms with Crippen LogP contribution in [-0.2, 0) is 0 Å². The molecule has 32 heavy (non-hydrogen) atoms. The first-order valence-electron chi connectivity index (χ1n) is 10.3. The first-order chi connectivity index (χ1) is 15.7. The van der Waals surface area contributed by atoms with Crippen LogP contribution in [0.4, 0.5) is 11.5 Å². The maximum Gasteiger partial charge on any atom is 0.189 e. The summed E-state index contributed by atoms with van der Waals surface area (Å²) >= 11 is 1.47. The number of hydrogen-bond acceptors (Lipinski definition) is 8. The summed E-state index contributed by atoms with van der Waals surface area (Å²) in [6.45, 7) is 3.28. The Bertz CT molecular complexity index is 1130. The average molecular weight is 448 g/mol. The molecule has 0 N–H and O–H groups in total. The molecule has 0 saturated carbocycles. The summed E-state index contributed by atoms with van der Waals surface area (Å²) in [6, 6.07) is 18.3. The lowest BCUT2D eigenvalue weighted by Crippen LogP contribution is -2.47. The average Bonchev–Trinajstić information content (AvgIpc) is 2.88. The number of aromatic nitrogens is 2. The van der Waals surface area contributed by atoms with Crippen LogP contribution < -0.4 is 19.3 Å². The van der Waals surface area contributed by atoms with Crippen molar-refractivity contribution in [3.05, 3.63) is 54.1 Å². The second-order valence-electron chi connectivity index (χ2n) is 7.25. The predicted octanol–water partition coefficient (Wildman–Crippen LogP) is 4.08. The van der Waals surface area contributed by atoms with Crippen LogP contribution in [0.15, 0.2) is 53.7 Å². The molecule has 1 aliphatic heterocycles. The molecule has 8 heteroatoms. The molecule has 7 nitrogen and oxygen atoms in total. The summed E-state index contributed by atoms with van der Waals surface area (Å²) in [5, 5.41) is 10.7. The van der Waals surface area contributed by atoms with Crippen LogP contribution >= 0.6 is 11.8 Å². The van der Waals surface area contributed by atoms with Crippen molar-refractivity contribution in [2.24, 2.45) is 0 Å². The SMILES string of the molecule is COc1ccc(-c2nc(SC)nc(N3CCN(c4ccccc4)CC3)c2C#N)cc1OC. The zero-order valence-electron chi connectivity index (χ0n) is 18.4. The third kappa shape index (κ3) is 4.30. The second kappa shape index (κ2) is 9.79. The Morgan fingerprint density at radius 2 is 1.59 bits per heavy atom. The fraction of sp³-hybridized carbons (Fsp3) is 0.292. The van der Waals surface area contributed by atoms with Crippen molar-refractivity contribution >= 4 is 23.3 Å². The number of ether oxygens (including phenoxy) is 2. The van der Waals surface area contributed by atoms with Crippen molar-refractivity contribution in [2.45, 2.75) is 5.16 Å². The topological polar surface area (TPSA) is 74.5 Å². The summed E-state index contributed by atoms with van der Waals surface area (Å²) in [6.07, 6.45) is 1.94. The van der Waals surface area contributed by atoms with Crippen LogP contribution in [0.1, 0.15) is 5.56 Å². The fourth-order valence-corrected chi connectivity index (χ4v) is 4.22. The lowest BCUT2D eigenvalue weighted by molar-refractivity contribution is 0.355. The summed E-state index contributed by atoms with van der Waals surface area (Å²) < 4.78 is 10.8. The number of piperazine rings is 1. The van der Waals surface area contributed by atoms with Gasteiger partial charge in [0.05, 0.1) is 19.9 Å². The van der Waals surface area contributed by atoms with Crippen molar-refractivity contribution in [3.63, 3.8) is 0 Å². The van der Waals surface area contributed by atoms with Gasteiger partial charge in [-0.1, -0.05) is 30.0 Å². The van der Waals surface area contributed by atoms with E-state index in [2.05, 4.69) is 45.1 Å². The van der Waals surface area contributed by atoms with Gasteiger partial charge < -0.3 is 19.3 Å². The van der Waals surface area contributed by atoms with E-state index in [1.165, 1.54) is 17.4 Å². The van der Waals surface area contributed by atoms with Gasteiger partial charge in [-0.3, -0.25) is 0 Å². The molecule has 2 aromatic carbocycles.